The SMILES string of the molecule is C=C/C=C\C([B]C(C)C)=C/C=C. The van der Waals surface area contributed by atoms with E-state index >= 15 is 0 Å². The van der Waals surface area contributed by atoms with E-state index in [0.717, 1.165) is 0 Å². The van der Waals surface area contributed by atoms with Crippen LogP contribution in [0.5, 0.6) is 0 Å². The van der Waals surface area contributed by atoms with Gasteiger partial charge in [0, 0.05) is 0 Å². The summed E-state index contributed by atoms with van der Waals surface area (Å²) in [5.41, 5.74) is 1.18. The van der Waals surface area contributed by atoms with Crippen molar-refractivity contribution in [2.24, 2.45) is 0 Å². The summed E-state index contributed by atoms with van der Waals surface area (Å²) in [7, 11) is 2.18. The second kappa shape index (κ2) is 6.72. The summed E-state index contributed by atoms with van der Waals surface area (Å²) in [6.45, 7) is 11.6. The van der Waals surface area contributed by atoms with E-state index in [1.54, 1.807) is 12.2 Å². The van der Waals surface area contributed by atoms with Gasteiger partial charge in [-0.3, -0.25) is 0 Å². The lowest BCUT2D eigenvalue weighted by Crippen LogP contribution is -1.97. The van der Waals surface area contributed by atoms with Crippen molar-refractivity contribution in [2.75, 3.05) is 0 Å². The maximum atomic E-state index is 3.66. The molecular weight excluding hydrogens is 143 g/mol. The van der Waals surface area contributed by atoms with Gasteiger partial charge < -0.3 is 0 Å². The molecule has 0 fully saturated rings. The zero-order valence-corrected chi connectivity index (χ0v) is 7.96. The Hall–Kier alpha value is -0.975. The van der Waals surface area contributed by atoms with E-state index in [-0.39, 0.29) is 0 Å². The molecule has 0 amide bonds. The smallest absolute Gasteiger partial charge is 0.0991 e. The summed E-state index contributed by atoms with van der Waals surface area (Å²) >= 11 is 0. The van der Waals surface area contributed by atoms with E-state index in [0.29, 0.717) is 5.82 Å². The zero-order valence-electron chi connectivity index (χ0n) is 7.96. The van der Waals surface area contributed by atoms with Crippen molar-refractivity contribution in [1.82, 2.24) is 0 Å². The lowest BCUT2D eigenvalue weighted by molar-refractivity contribution is 1.06. The quantitative estimate of drug-likeness (QED) is 0.426. The molecule has 12 heavy (non-hydrogen) atoms. The molecule has 0 atom stereocenters. The average Bonchev–Trinajstić information content (AvgIpc) is 2.00. The van der Waals surface area contributed by atoms with E-state index in [4.69, 9.17) is 0 Å². The highest BCUT2D eigenvalue weighted by Gasteiger charge is 1.98. The molecule has 0 saturated heterocycles. The number of allylic oxidation sites excluding steroid dienone is 6. The van der Waals surface area contributed by atoms with Gasteiger partial charge in [-0.25, -0.2) is 0 Å². The molecule has 0 N–H and O–H groups in total. The molecule has 0 aromatic heterocycles. The third-order valence-electron chi connectivity index (χ3n) is 1.26. The van der Waals surface area contributed by atoms with Crippen LogP contribution in [0.1, 0.15) is 13.8 Å². The minimum absolute atomic E-state index is 0.561. The van der Waals surface area contributed by atoms with Crippen LogP contribution in [0.3, 0.4) is 0 Å². The first kappa shape index (κ1) is 11.0. The topological polar surface area (TPSA) is 0 Å². The van der Waals surface area contributed by atoms with Gasteiger partial charge in [0.1, 0.15) is 0 Å². The Morgan fingerprint density at radius 1 is 1.25 bits per heavy atom. The molecule has 0 rings (SSSR count). The Balaban J connectivity index is 4.23. The van der Waals surface area contributed by atoms with Crippen LogP contribution in [0.25, 0.3) is 0 Å². The molecule has 0 aliphatic rings. The van der Waals surface area contributed by atoms with E-state index < -0.39 is 0 Å². The molecule has 0 nitrogen and oxygen atoms in total. The molecule has 0 saturated carbocycles. The van der Waals surface area contributed by atoms with Gasteiger partial charge in [-0.2, -0.15) is 0 Å². The van der Waals surface area contributed by atoms with Crippen molar-refractivity contribution in [3.05, 3.63) is 49.0 Å². The summed E-state index contributed by atoms with van der Waals surface area (Å²) in [5.74, 6) is 0.561. The first-order valence-electron chi connectivity index (χ1n) is 4.17. The minimum atomic E-state index is 0.561. The first-order valence-corrected chi connectivity index (χ1v) is 4.17. The second-order valence-corrected chi connectivity index (χ2v) is 2.91. The van der Waals surface area contributed by atoms with Gasteiger partial charge in [0.05, 0.1) is 0 Å². The van der Waals surface area contributed by atoms with Crippen LogP contribution < -0.4 is 0 Å². The highest BCUT2D eigenvalue weighted by atomic mass is 13.8. The number of rotatable bonds is 5. The van der Waals surface area contributed by atoms with Crippen molar-refractivity contribution in [3.8, 4) is 0 Å². The fourth-order valence-electron chi connectivity index (χ4n) is 0.867. The third-order valence-corrected chi connectivity index (χ3v) is 1.26. The average molecular weight is 159 g/mol. The molecular formula is C11H16B. The van der Waals surface area contributed by atoms with Crippen molar-refractivity contribution >= 4 is 7.28 Å². The predicted octanol–water partition coefficient (Wildman–Crippen LogP) is 3.33. The van der Waals surface area contributed by atoms with Gasteiger partial charge in [0.2, 0.25) is 0 Å². The van der Waals surface area contributed by atoms with Gasteiger partial charge in [-0.1, -0.05) is 68.7 Å². The van der Waals surface area contributed by atoms with Crippen LogP contribution in [-0.2, 0) is 0 Å². The van der Waals surface area contributed by atoms with Crippen LogP contribution in [0.15, 0.2) is 49.0 Å². The summed E-state index contributed by atoms with van der Waals surface area (Å²) < 4.78 is 0. The fourth-order valence-corrected chi connectivity index (χ4v) is 0.867. The molecule has 1 radical (unpaired) electrons. The third kappa shape index (κ3) is 5.78. The van der Waals surface area contributed by atoms with Crippen LogP contribution in [-0.4, -0.2) is 7.28 Å². The highest BCUT2D eigenvalue weighted by molar-refractivity contribution is 6.48. The Morgan fingerprint density at radius 3 is 2.33 bits per heavy atom. The zero-order chi connectivity index (χ0) is 9.40. The maximum absolute atomic E-state index is 3.66. The van der Waals surface area contributed by atoms with E-state index in [1.807, 2.05) is 18.2 Å². The van der Waals surface area contributed by atoms with Gasteiger partial charge in [0.15, 0.2) is 7.28 Å². The maximum Gasteiger partial charge on any atom is 0.154 e. The molecule has 0 bridgehead atoms. The fraction of sp³-hybridized carbons (Fsp3) is 0.273. The highest BCUT2D eigenvalue weighted by Crippen LogP contribution is 2.06. The van der Waals surface area contributed by atoms with Crippen molar-refractivity contribution < 1.29 is 0 Å². The number of hydrogen-bond donors (Lipinski definition) is 0. The molecule has 1 heteroatoms. The molecule has 0 aromatic rings. The Labute approximate surface area is 76.6 Å². The van der Waals surface area contributed by atoms with E-state index in [2.05, 4.69) is 34.3 Å². The molecule has 0 unspecified atom stereocenters. The molecule has 63 valence electrons. The van der Waals surface area contributed by atoms with Crippen LogP contribution >= 0.6 is 0 Å². The Morgan fingerprint density at radius 2 is 1.92 bits per heavy atom. The Kier molecular flexibility index (Phi) is 6.17. The molecule has 0 aliphatic carbocycles. The number of hydrogen-bond acceptors (Lipinski definition) is 0. The standard InChI is InChI=1S/C11H16B/c1-5-7-9-11(8-6-2)12-10(3)4/h5-10H,1-2H2,3-4H3/b9-7-,11-8+. The summed E-state index contributed by atoms with van der Waals surface area (Å²) in [6, 6.07) is 0. The molecule has 0 heterocycles. The van der Waals surface area contributed by atoms with E-state index in [1.165, 1.54) is 5.47 Å². The van der Waals surface area contributed by atoms with Crippen LogP contribution in [0.2, 0.25) is 5.82 Å². The van der Waals surface area contributed by atoms with Crippen LogP contribution in [0.4, 0.5) is 0 Å². The molecule has 0 aliphatic heterocycles. The lowest BCUT2D eigenvalue weighted by Gasteiger charge is -2.01. The van der Waals surface area contributed by atoms with Gasteiger partial charge in [0.25, 0.3) is 0 Å². The monoisotopic (exact) mass is 159 g/mol. The molecule has 0 aromatic carbocycles. The Bertz CT molecular complexity index is 197. The van der Waals surface area contributed by atoms with Gasteiger partial charge in [-0.15, -0.1) is 0 Å². The van der Waals surface area contributed by atoms with Crippen molar-refractivity contribution in [1.29, 1.82) is 0 Å². The first-order chi connectivity index (χ1) is 5.70. The largest absolute Gasteiger partial charge is 0.154 e. The predicted molar refractivity (Wildman–Crippen MR) is 58.5 cm³/mol. The van der Waals surface area contributed by atoms with Crippen molar-refractivity contribution in [3.63, 3.8) is 0 Å². The van der Waals surface area contributed by atoms with Gasteiger partial charge >= 0.3 is 0 Å². The molecule has 0 spiro atoms. The summed E-state index contributed by atoms with van der Waals surface area (Å²) in [5, 5.41) is 0. The normalized spacial score (nSPS) is 12.1. The second-order valence-electron chi connectivity index (χ2n) is 2.91. The van der Waals surface area contributed by atoms with Crippen LogP contribution in [0, 0.1) is 0 Å². The lowest BCUT2D eigenvalue weighted by atomic mass is 9.60. The minimum Gasteiger partial charge on any atom is -0.0991 e. The summed E-state index contributed by atoms with van der Waals surface area (Å²) in [6.07, 6.45) is 9.50. The van der Waals surface area contributed by atoms with Gasteiger partial charge in [-0.05, 0) is 0 Å². The summed E-state index contributed by atoms with van der Waals surface area (Å²) in [4.78, 5) is 0. The van der Waals surface area contributed by atoms with E-state index in [9.17, 15) is 0 Å². The van der Waals surface area contributed by atoms with Crippen molar-refractivity contribution in [2.45, 2.75) is 19.7 Å².